The Hall–Kier alpha value is -3.03. The second kappa shape index (κ2) is 9.22. The van der Waals surface area contributed by atoms with E-state index in [4.69, 9.17) is 14.2 Å². The number of ether oxygens (including phenoxy) is 3. The molecule has 0 spiro atoms. The van der Waals surface area contributed by atoms with Crippen molar-refractivity contribution in [3.05, 3.63) is 75.5 Å². The van der Waals surface area contributed by atoms with Crippen molar-refractivity contribution >= 4 is 17.2 Å². The minimum Gasteiger partial charge on any atom is -0.489 e. The summed E-state index contributed by atoms with van der Waals surface area (Å²) in [7, 11) is 0. The number of fused-ring (bicyclic) bond motifs is 1. The van der Waals surface area contributed by atoms with Gasteiger partial charge in [-0.25, -0.2) is 0 Å². The minimum absolute atomic E-state index is 0.111. The molecule has 1 fully saturated rings. The summed E-state index contributed by atoms with van der Waals surface area (Å²) in [5.74, 6) is 2.27. The van der Waals surface area contributed by atoms with Crippen molar-refractivity contribution in [2.75, 3.05) is 33.0 Å². The van der Waals surface area contributed by atoms with Gasteiger partial charge in [0.2, 0.25) is 6.79 Å². The number of piperazine rings is 1. The van der Waals surface area contributed by atoms with Crippen LogP contribution in [-0.4, -0.2) is 48.7 Å². The van der Waals surface area contributed by atoms with Crippen LogP contribution in [0, 0.1) is 6.92 Å². The van der Waals surface area contributed by atoms with Crippen LogP contribution in [0.3, 0.4) is 0 Å². The van der Waals surface area contributed by atoms with Crippen molar-refractivity contribution in [1.29, 1.82) is 0 Å². The van der Waals surface area contributed by atoms with E-state index in [-0.39, 0.29) is 12.7 Å². The van der Waals surface area contributed by atoms with Crippen LogP contribution in [0.2, 0.25) is 0 Å². The first kappa shape index (κ1) is 20.8. The highest BCUT2D eigenvalue weighted by atomic mass is 32.1. The fraction of sp³-hybridized carbons (Fsp3) is 0.320. The number of carbonyl (C=O) groups is 1. The number of aryl methyl sites for hydroxylation is 1. The predicted molar refractivity (Wildman–Crippen MR) is 124 cm³/mol. The van der Waals surface area contributed by atoms with Crippen LogP contribution in [0.1, 0.15) is 26.4 Å². The SMILES string of the molecule is Cc1ccccc1CN1CCN(C(=O)c2cc(COc3ccc4c(c3)OCO4)cs2)CC1. The fourth-order valence-corrected chi connectivity index (χ4v) is 4.85. The molecule has 0 N–H and O–H groups in total. The summed E-state index contributed by atoms with van der Waals surface area (Å²) in [5, 5.41) is 1.99. The van der Waals surface area contributed by atoms with Crippen molar-refractivity contribution in [2.45, 2.75) is 20.1 Å². The van der Waals surface area contributed by atoms with E-state index >= 15 is 0 Å². The van der Waals surface area contributed by atoms with Crippen molar-refractivity contribution in [2.24, 2.45) is 0 Å². The Morgan fingerprint density at radius 1 is 1.03 bits per heavy atom. The molecule has 5 rings (SSSR count). The lowest BCUT2D eigenvalue weighted by atomic mass is 10.1. The molecule has 0 atom stereocenters. The summed E-state index contributed by atoms with van der Waals surface area (Å²) in [6, 6.07) is 16.0. The predicted octanol–water partition coefficient (Wildman–Crippen LogP) is 4.32. The molecular formula is C25H26N2O4S. The summed E-state index contributed by atoms with van der Waals surface area (Å²) in [6.07, 6.45) is 0. The normalized spacial score (nSPS) is 15.7. The van der Waals surface area contributed by atoms with Gasteiger partial charge in [-0.2, -0.15) is 0 Å². The summed E-state index contributed by atoms with van der Waals surface area (Å²) in [4.78, 5) is 18.1. The first-order valence-corrected chi connectivity index (χ1v) is 11.7. The second-order valence-corrected chi connectivity index (χ2v) is 9.03. The molecule has 7 heteroatoms. The van der Waals surface area contributed by atoms with Gasteiger partial charge in [0.05, 0.1) is 4.88 Å². The van der Waals surface area contributed by atoms with Crippen LogP contribution in [0.25, 0.3) is 0 Å². The average Bonchev–Trinajstić information content (AvgIpc) is 3.48. The Kier molecular flexibility index (Phi) is 6.01. The van der Waals surface area contributed by atoms with Crippen molar-refractivity contribution in [3.8, 4) is 17.2 Å². The lowest BCUT2D eigenvalue weighted by Crippen LogP contribution is -2.48. The third kappa shape index (κ3) is 4.59. The first-order chi connectivity index (χ1) is 15.7. The highest BCUT2D eigenvalue weighted by Gasteiger charge is 2.23. The molecule has 0 unspecified atom stereocenters. The second-order valence-electron chi connectivity index (χ2n) is 8.12. The fourth-order valence-electron chi connectivity index (χ4n) is 3.99. The van der Waals surface area contributed by atoms with Gasteiger partial charge in [0.15, 0.2) is 11.5 Å². The zero-order valence-electron chi connectivity index (χ0n) is 18.1. The molecule has 1 aromatic heterocycles. The van der Waals surface area contributed by atoms with Crippen LogP contribution in [-0.2, 0) is 13.2 Å². The molecule has 0 bridgehead atoms. The van der Waals surface area contributed by atoms with E-state index in [0.29, 0.717) is 12.4 Å². The van der Waals surface area contributed by atoms with Gasteiger partial charge in [-0.05, 0) is 41.6 Å². The number of carbonyl (C=O) groups excluding carboxylic acids is 1. The molecule has 166 valence electrons. The standard InChI is InChI=1S/C25H26N2O4S/c1-18-4-2-3-5-20(18)14-26-8-10-27(11-9-26)25(28)24-12-19(16-32-24)15-29-21-6-7-22-23(13-21)31-17-30-22/h2-7,12-13,16H,8-11,14-15,17H2,1H3. The third-order valence-corrected chi connectivity index (χ3v) is 6.90. The van der Waals surface area contributed by atoms with Gasteiger partial charge < -0.3 is 19.1 Å². The molecule has 32 heavy (non-hydrogen) atoms. The number of thiophene rings is 1. The number of rotatable bonds is 6. The molecule has 0 saturated carbocycles. The van der Waals surface area contributed by atoms with E-state index in [1.54, 1.807) is 0 Å². The van der Waals surface area contributed by atoms with E-state index in [1.165, 1.54) is 22.5 Å². The molecule has 2 aromatic carbocycles. The van der Waals surface area contributed by atoms with Gasteiger partial charge >= 0.3 is 0 Å². The zero-order chi connectivity index (χ0) is 21.9. The van der Waals surface area contributed by atoms with Gasteiger partial charge in [-0.15, -0.1) is 11.3 Å². The maximum absolute atomic E-state index is 13.0. The summed E-state index contributed by atoms with van der Waals surface area (Å²) < 4.78 is 16.6. The van der Waals surface area contributed by atoms with E-state index in [2.05, 4.69) is 36.1 Å². The molecule has 2 aliphatic rings. The van der Waals surface area contributed by atoms with E-state index in [1.807, 2.05) is 34.5 Å². The molecular weight excluding hydrogens is 424 g/mol. The zero-order valence-corrected chi connectivity index (χ0v) is 18.9. The van der Waals surface area contributed by atoms with Crippen LogP contribution in [0.5, 0.6) is 17.2 Å². The van der Waals surface area contributed by atoms with Crippen LogP contribution >= 0.6 is 11.3 Å². The number of hydrogen-bond donors (Lipinski definition) is 0. The quantitative estimate of drug-likeness (QED) is 0.560. The Morgan fingerprint density at radius 3 is 2.69 bits per heavy atom. The molecule has 2 aliphatic heterocycles. The van der Waals surface area contributed by atoms with Gasteiger partial charge in [-0.3, -0.25) is 9.69 Å². The lowest BCUT2D eigenvalue weighted by Gasteiger charge is -2.34. The van der Waals surface area contributed by atoms with Crippen molar-refractivity contribution < 1.29 is 19.0 Å². The summed E-state index contributed by atoms with van der Waals surface area (Å²) in [6.45, 7) is 7.05. The van der Waals surface area contributed by atoms with Gasteiger partial charge in [0, 0.05) is 44.4 Å². The van der Waals surface area contributed by atoms with Crippen LogP contribution in [0.15, 0.2) is 53.9 Å². The molecule has 1 amide bonds. The number of benzene rings is 2. The third-order valence-electron chi connectivity index (χ3n) is 5.93. The molecule has 6 nitrogen and oxygen atoms in total. The lowest BCUT2D eigenvalue weighted by molar-refractivity contribution is 0.0633. The Balaban J connectivity index is 1.13. The van der Waals surface area contributed by atoms with Gasteiger partial charge in [-0.1, -0.05) is 24.3 Å². The smallest absolute Gasteiger partial charge is 0.264 e. The summed E-state index contributed by atoms with van der Waals surface area (Å²) >= 11 is 1.48. The highest BCUT2D eigenvalue weighted by molar-refractivity contribution is 7.12. The topological polar surface area (TPSA) is 51.2 Å². The molecule has 3 aromatic rings. The maximum Gasteiger partial charge on any atom is 0.264 e. The number of hydrogen-bond acceptors (Lipinski definition) is 6. The largest absolute Gasteiger partial charge is 0.489 e. The molecule has 0 radical (unpaired) electrons. The van der Waals surface area contributed by atoms with E-state index in [9.17, 15) is 4.79 Å². The Bertz CT molecular complexity index is 1100. The van der Waals surface area contributed by atoms with Crippen LogP contribution < -0.4 is 14.2 Å². The highest BCUT2D eigenvalue weighted by Crippen LogP contribution is 2.35. The summed E-state index contributed by atoms with van der Waals surface area (Å²) in [5.41, 5.74) is 3.67. The van der Waals surface area contributed by atoms with E-state index < -0.39 is 0 Å². The van der Waals surface area contributed by atoms with Gasteiger partial charge in [0.25, 0.3) is 5.91 Å². The Labute approximate surface area is 191 Å². The molecule has 1 saturated heterocycles. The minimum atomic E-state index is 0.111. The van der Waals surface area contributed by atoms with Crippen molar-refractivity contribution in [3.63, 3.8) is 0 Å². The number of amides is 1. The maximum atomic E-state index is 13.0. The first-order valence-electron chi connectivity index (χ1n) is 10.8. The van der Waals surface area contributed by atoms with Gasteiger partial charge in [0.1, 0.15) is 12.4 Å². The Morgan fingerprint density at radius 2 is 1.84 bits per heavy atom. The molecule has 0 aliphatic carbocycles. The number of nitrogens with zero attached hydrogens (tertiary/aromatic N) is 2. The monoisotopic (exact) mass is 450 g/mol. The average molecular weight is 451 g/mol. The van der Waals surface area contributed by atoms with Crippen LogP contribution in [0.4, 0.5) is 0 Å². The van der Waals surface area contributed by atoms with E-state index in [0.717, 1.165) is 54.7 Å². The molecule has 3 heterocycles. The van der Waals surface area contributed by atoms with Crippen molar-refractivity contribution in [1.82, 2.24) is 9.80 Å².